The Bertz CT molecular complexity index is 344. The first kappa shape index (κ1) is 8.30. The van der Waals surface area contributed by atoms with Gasteiger partial charge in [-0.15, -0.1) is 0 Å². The standard InChI is InChI=1S/C12H15NO/c1-3-9-7-13-8-11(9)12(6-1)14-10-4-2-5-10/h1,3,6,10,13H,2,4-5,7-8H2. The van der Waals surface area contributed by atoms with Crippen molar-refractivity contribution in [2.24, 2.45) is 0 Å². The Morgan fingerprint density at radius 3 is 2.93 bits per heavy atom. The number of benzene rings is 1. The van der Waals surface area contributed by atoms with E-state index >= 15 is 0 Å². The number of nitrogens with one attached hydrogen (secondary N) is 1. The lowest BCUT2D eigenvalue weighted by Gasteiger charge is -2.27. The SMILES string of the molecule is c1cc2c(c(OC3CCC3)c1)CNC2. The topological polar surface area (TPSA) is 21.3 Å². The van der Waals surface area contributed by atoms with Crippen LogP contribution in [0.5, 0.6) is 5.75 Å². The Morgan fingerprint density at radius 2 is 2.14 bits per heavy atom. The van der Waals surface area contributed by atoms with Gasteiger partial charge in [-0.05, 0) is 30.9 Å². The highest BCUT2D eigenvalue weighted by atomic mass is 16.5. The summed E-state index contributed by atoms with van der Waals surface area (Å²) in [6.07, 6.45) is 4.29. The summed E-state index contributed by atoms with van der Waals surface area (Å²) in [4.78, 5) is 0. The summed E-state index contributed by atoms with van der Waals surface area (Å²) < 4.78 is 5.95. The van der Waals surface area contributed by atoms with Crippen LogP contribution in [0.25, 0.3) is 0 Å². The summed E-state index contributed by atoms with van der Waals surface area (Å²) in [6, 6.07) is 6.38. The van der Waals surface area contributed by atoms with Gasteiger partial charge in [0.1, 0.15) is 5.75 Å². The van der Waals surface area contributed by atoms with Crippen LogP contribution in [-0.2, 0) is 13.1 Å². The van der Waals surface area contributed by atoms with Gasteiger partial charge in [-0.25, -0.2) is 0 Å². The number of hydrogen-bond donors (Lipinski definition) is 1. The summed E-state index contributed by atoms with van der Waals surface area (Å²) >= 11 is 0. The van der Waals surface area contributed by atoms with E-state index in [1.165, 1.54) is 30.4 Å². The van der Waals surface area contributed by atoms with Crippen LogP contribution in [0.4, 0.5) is 0 Å². The molecule has 0 radical (unpaired) electrons. The third-order valence-corrected chi connectivity index (χ3v) is 3.19. The van der Waals surface area contributed by atoms with E-state index in [2.05, 4.69) is 23.5 Å². The molecule has 1 fully saturated rings. The molecule has 0 saturated heterocycles. The second-order valence-corrected chi connectivity index (χ2v) is 4.17. The first-order valence-electron chi connectivity index (χ1n) is 5.41. The summed E-state index contributed by atoms with van der Waals surface area (Å²) in [5.74, 6) is 1.11. The van der Waals surface area contributed by atoms with Crippen molar-refractivity contribution >= 4 is 0 Å². The first-order chi connectivity index (χ1) is 6.93. The molecule has 2 nitrogen and oxygen atoms in total. The third kappa shape index (κ3) is 1.30. The molecule has 1 saturated carbocycles. The van der Waals surface area contributed by atoms with E-state index < -0.39 is 0 Å². The molecule has 0 bridgehead atoms. The van der Waals surface area contributed by atoms with E-state index in [0.717, 1.165) is 18.8 Å². The molecule has 1 heterocycles. The molecular formula is C12H15NO. The van der Waals surface area contributed by atoms with Gasteiger partial charge in [0.25, 0.3) is 0 Å². The van der Waals surface area contributed by atoms with E-state index in [0.29, 0.717) is 6.10 Å². The fraction of sp³-hybridized carbons (Fsp3) is 0.500. The maximum absolute atomic E-state index is 5.95. The van der Waals surface area contributed by atoms with Crippen molar-refractivity contribution in [2.45, 2.75) is 38.5 Å². The van der Waals surface area contributed by atoms with Crippen LogP contribution in [0.15, 0.2) is 18.2 Å². The fourth-order valence-corrected chi connectivity index (χ4v) is 2.08. The lowest BCUT2D eigenvalue weighted by molar-refractivity contribution is 0.119. The molecule has 14 heavy (non-hydrogen) atoms. The molecule has 0 spiro atoms. The van der Waals surface area contributed by atoms with Gasteiger partial charge in [-0.1, -0.05) is 12.1 Å². The zero-order valence-electron chi connectivity index (χ0n) is 8.25. The van der Waals surface area contributed by atoms with E-state index in [1.807, 2.05) is 0 Å². The van der Waals surface area contributed by atoms with Gasteiger partial charge < -0.3 is 10.1 Å². The second-order valence-electron chi connectivity index (χ2n) is 4.17. The second kappa shape index (κ2) is 3.28. The predicted octanol–water partition coefficient (Wildman–Crippen LogP) is 2.22. The van der Waals surface area contributed by atoms with Gasteiger partial charge in [0, 0.05) is 18.7 Å². The van der Waals surface area contributed by atoms with Crippen molar-refractivity contribution < 1.29 is 4.74 Å². The molecule has 0 amide bonds. The Morgan fingerprint density at radius 1 is 1.21 bits per heavy atom. The Kier molecular flexibility index (Phi) is 1.95. The summed E-state index contributed by atoms with van der Waals surface area (Å²) in [5.41, 5.74) is 2.78. The average Bonchev–Trinajstić information content (AvgIpc) is 2.59. The Labute approximate surface area is 84.3 Å². The molecule has 3 rings (SSSR count). The number of rotatable bonds is 2. The maximum Gasteiger partial charge on any atom is 0.124 e. The lowest BCUT2D eigenvalue weighted by Crippen LogP contribution is -2.25. The highest BCUT2D eigenvalue weighted by Gasteiger charge is 2.22. The van der Waals surface area contributed by atoms with Gasteiger partial charge in [-0.3, -0.25) is 0 Å². The minimum Gasteiger partial charge on any atom is -0.490 e. The highest BCUT2D eigenvalue weighted by Crippen LogP contribution is 2.31. The van der Waals surface area contributed by atoms with Gasteiger partial charge >= 0.3 is 0 Å². The largest absolute Gasteiger partial charge is 0.490 e. The van der Waals surface area contributed by atoms with E-state index in [-0.39, 0.29) is 0 Å². The van der Waals surface area contributed by atoms with Gasteiger partial charge in [-0.2, -0.15) is 0 Å². The highest BCUT2D eigenvalue weighted by molar-refractivity contribution is 5.42. The molecule has 0 atom stereocenters. The van der Waals surface area contributed by atoms with E-state index in [4.69, 9.17) is 4.74 Å². The summed E-state index contributed by atoms with van der Waals surface area (Å²) in [5, 5.41) is 3.36. The molecular weight excluding hydrogens is 174 g/mol. The summed E-state index contributed by atoms with van der Waals surface area (Å²) in [6.45, 7) is 1.97. The monoisotopic (exact) mass is 189 g/mol. The van der Waals surface area contributed by atoms with Gasteiger partial charge in [0.15, 0.2) is 0 Å². The average molecular weight is 189 g/mol. The maximum atomic E-state index is 5.95. The molecule has 2 heteroatoms. The van der Waals surface area contributed by atoms with Crippen molar-refractivity contribution in [3.05, 3.63) is 29.3 Å². The molecule has 0 unspecified atom stereocenters. The van der Waals surface area contributed by atoms with Crippen LogP contribution in [0.1, 0.15) is 30.4 Å². The molecule has 1 aliphatic carbocycles. The smallest absolute Gasteiger partial charge is 0.124 e. The van der Waals surface area contributed by atoms with Crippen LogP contribution in [-0.4, -0.2) is 6.10 Å². The molecule has 2 aliphatic rings. The zero-order chi connectivity index (χ0) is 9.38. The normalized spacial score (nSPS) is 20.3. The Hall–Kier alpha value is -1.02. The van der Waals surface area contributed by atoms with Crippen molar-refractivity contribution in [1.82, 2.24) is 5.32 Å². The van der Waals surface area contributed by atoms with Gasteiger partial charge in [0.05, 0.1) is 6.10 Å². The van der Waals surface area contributed by atoms with Gasteiger partial charge in [0.2, 0.25) is 0 Å². The molecule has 1 aliphatic heterocycles. The zero-order valence-corrected chi connectivity index (χ0v) is 8.25. The molecule has 1 aromatic carbocycles. The van der Waals surface area contributed by atoms with Crippen LogP contribution >= 0.6 is 0 Å². The molecule has 1 aromatic rings. The summed E-state index contributed by atoms with van der Waals surface area (Å²) in [7, 11) is 0. The van der Waals surface area contributed by atoms with E-state index in [9.17, 15) is 0 Å². The Balaban J connectivity index is 1.85. The minimum absolute atomic E-state index is 0.488. The predicted molar refractivity (Wildman–Crippen MR) is 55.3 cm³/mol. The molecule has 0 aromatic heterocycles. The minimum atomic E-state index is 0.488. The lowest BCUT2D eigenvalue weighted by atomic mass is 9.96. The van der Waals surface area contributed by atoms with Crippen LogP contribution < -0.4 is 10.1 Å². The number of fused-ring (bicyclic) bond motifs is 1. The van der Waals surface area contributed by atoms with Crippen LogP contribution in [0.3, 0.4) is 0 Å². The van der Waals surface area contributed by atoms with Crippen molar-refractivity contribution in [3.63, 3.8) is 0 Å². The quantitative estimate of drug-likeness (QED) is 0.770. The third-order valence-electron chi connectivity index (χ3n) is 3.19. The first-order valence-corrected chi connectivity index (χ1v) is 5.41. The molecule has 1 N–H and O–H groups in total. The number of hydrogen-bond acceptors (Lipinski definition) is 2. The van der Waals surface area contributed by atoms with Crippen molar-refractivity contribution in [3.8, 4) is 5.75 Å². The van der Waals surface area contributed by atoms with Crippen molar-refractivity contribution in [1.29, 1.82) is 0 Å². The fourth-order valence-electron chi connectivity index (χ4n) is 2.08. The van der Waals surface area contributed by atoms with Crippen LogP contribution in [0, 0.1) is 0 Å². The van der Waals surface area contributed by atoms with Crippen molar-refractivity contribution in [2.75, 3.05) is 0 Å². The van der Waals surface area contributed by atoms with E-state index in [1.54, 1.807) is 0 Å². The van der Waals surface area contributed by atoms with Crippen LogP contribution in [0.2, 0.25) is 0 Å². The number of ether oxygens (including phenoxy) is 1. The molecule has 74 valence electrons.